The minimum absolute atomic E-state index is 0.395. The molecule has 1 unspecified atom stereocenters. The van der Waals surface area contributed by atoms with Crippen molar-refractivity contribution in [3.8, 4) is 0 Å². The van der Waals surface area contributed by atoms with Crippen LogP contribution in [0.1, 0.15) is 28.4 Å². The van der Waals surface area contributed by atoms with E-state index in [1.54, 1.807) is 0 Å². The lowest BCUT2D eigenvalue weighted by Crippen LogP contribution is -2.12. The molecular weight excluding hydrogens is 254 g/mol. The van der Waals surface area contributed by atoms with Crippen molar-refractivity contribution in [1.29, 1.82) is 0 Å². The van der Waals surface area contributed by atoms with Crippen molar-refractivity contribution < 1.29 is 0 Å². The van der Waals surface area contributed by atoms with Crippen molar-refractivity contribution in [3.63, 3.8) is 0 Å². The molecule has 0 bridgehead atoms. The molecule has 2 heterocycles. The van der Waals surface area contributed by atoms with Crippen molar-refractivity contribution in [1.82, 2.24) is 9.55 Å². The fourth-order valence-electron chi connectivity index (χ4n) is 2.13. The maximum atomic E-state index is 4.52. The number of hydrogen-bond acceptors (Lipinski definition) is 3. The number of thiophene rings is 1. The maximum Gasteiger partial charge on any atom is 0.203 e. The van der Waals surface area contributed by atoms with Crippen LogP contribution in [-0.2, 0) is 6.42 Å². The molecule has 0 aliphatic rings. The summed E-state index contributed by atoms with van der Waals surface area (Å²) in [6, 6.07) is 4.80. The molecule has 2 rings (SSSR count). The summed E-state index contributed by atoms with van der Waals surface area (Å²) in [5, 5.41) is 3.29. The van der Waals surface area contributed by atoms with Crippen LogP contribution in [0.5, 0.6) is 0 Å². The van der Waals surface area contributed by atoms with Crippen molar-refractivity contribution >= 4 is 17.3 Å². The van der Waals surface area contributed by atoms with E-state index < -0.39 is 0 Å². The predicted molar refractivity (Wildman–Crippen MR) is 83.1 cm³/mol. The number of imidazole rings is 1. The monoisotopic (exact) mass is 275 g/mol. The van der Waals surface area contributed by atoms with Gasteiger partial charge in [-0.15, -0.1) is 17.9 Å². The minimum atomic E-state index is 0.395. The SMILES string of the molecule is C=CCNc1nc(C)cn1C(C)Cc1ccc(C)s1. The van der Waals surface area contributed by atoms with Gasteiger partial charge in [0, 0.05) is 35.0 Å². The third kappa shape index (κ3) is 3.47. The second-order valence-corrected chi connectivity index (χ2v) is 6.22. The zero-order valence-corrected chi connectivity index (χ0v) is 12.6. The van der Waals surface area contributed by atoms with E-state index in [1.165, 1.54) is 9.75 Å². The van der Waals surface area contributed by atoms with Gasteiger partial charge in [-0.05, 0) is 32.9 Å². The molecule has 0 aromatic carbocycles. The van der Waals surface area contributed by atoms with Gasteiger partial charge < -0.3 is 9.88 Å². The van der Waals surface area contributed by atoms with E-state index in [0.717, 1.165) is 24.6 Å². The molecule has 2 aromatic heterocycles. The van der Waals surface area contributed by atoms with Gasteiger partial charge in [0.15, 0.2) is 0 Å². The molecule has 1 N–H and O–H groups in total. The van der Waals surface area contributed by atoms with Crippen molar-refractivity contribution in [2.45, 2.75) is 33.2 Å². The average molecular weight is 275 g/mol. The number of hydrogen-bond donors (Lipinski definition) is 1. The Morgan fingerprint density at radius 2 is 2.26 bits per heavy atom. The number of nitrogens with one attached hydrogen (secondary N) is 1. The first kappa shape index (κ1) is 13.9. The smallest absolute Gasteiger partial charge is 0.203 e. The fraction of sp³-hybridized carbons (Fsp3) is 0.400. The van der Waals surface area contributed by atoms with Crippen LogP contribution in [0.2, 0.25) is 0 Å². The van der Waals surface area contributed by atoms with E-state index in [4.69, 9.17) is 0 Å². The Kier molecular flexibility index (Phi) is 4.43. The topological polar surface area (TPSA) is 29.9 Å². The summed E-state index contributed by atoms with van der Waals surface area (Å²) in [6.07, 6.45) is 5.00. The largest absolute Gasteiger partial charge is 0.352 e. The summed E-state index contributed by atoms with van der Waals surface area (Å²) in [5.41, 5.74) is 1.04. The Balaban J connectivity index is 2.13. The Morgan fingerprint density at radius 3 is 2.89 bits per heavy atom. The molecule has 102 valence electrons. The third-order valence-corrected chi connectivity index (χ3v) is 4.05. The zero-order valence-electron chi connectivity index (χ0n) is 11.8. The Bertz CT molecular complexity index is 553. The lowest BCUT2D eigenvalue weighted by Gasteiger charge is -2.15. The van der Waals surface area contributed by atoms with Crippen LogP contribution in [0.3, 0.4) is 0 Å². The Labute approximate surface area is 119 Å². The molecule has 3 nitrogen and oxygen atoms in total. The van der Waals surface area contributed by atoms with Crippen molar-refractivity contribution in [2.75, 3.05) is 11.9 Å². The summed E-state index contributed by atoms with van der Waals surface area (Å²) in [6.45, 7) is 10.9. The molecule has 0 aliphatic heterocycles. The normalized spacial score (nSPS) is 12.4. The summed E-state index contributed by atoms with van der Waals surface area (Å²) >= 11 is 1.87. The van der Waals surface area contributed by atoms with Crippen LogP contribution in [0.4, 0.5) is 5.95 Å². The highest BCUT2D eigenvalue weighted by atomic mass is 32.1. The molecule has 4 heteroatoms. The van der Waals surface area contributed by atoms with Crippen LogP contribution in [0.15, 0.2) is 31.0 Å². The number of nitrogens with zero attached hydrogens (tertiary/aromatic N) is 2. The second-order valence-electron chi connectivity index (χ2n) is 4.85. The molecule has 0 saturated carbocycles. The predicted octanol–water partition coefficient (Wildman–Crippen LogP) is 3.96. The highest BCUT2D eigenvalue weighted by Gasteiger charge is 2.12. The van der Waals surface area contributed by atoms with Crippen LogP contribution < -0.4 is 5.32 Å². The second kappa shape index (κ2) is 6.06. The molecular formula is C15H21N3S. The molecule has 2 aromatic rings. The molecule has 0 aliphatic carbocycles. The summed E-state index contributed by atoms with van der Waals surface area (Å²) < 4.78 is 2.22. The van der Waals surface area contributed by atoms with Crippen LogP contribution in [0, 0.1) is 13.8 Å². The maximum absolute atomic E-state index is 4.52. The van der Waals surface area contributed by atoms with Crippen LogP contribution >= 0.6 is 11.3 Å². The standard InChI is InChI=1S/C15H21N3S/c1-5-8-16-15-17-11(2)10-18(15)12(3)9-14-7-6-13(4)19-14/h5-7,10,12H,1,8-9H2,2-4H3,(H,16,17). The third-order valence-electron chi connectivity index (χ3n) is 3.02. The van der Waals surface area contributed by atoms with E-state index in [9.17, 15) is 0 Å². The molecule has 0 saturated heterocycles. The number of aromatic nitrogens is 2. The van der Waals surface area contributed by atoms with E-state index in [1.807, 2.05) is 24.3 Å². The lowest BCUT2D eigenvalue weighted by molar-refractivity contribution is 0.553. The summed E-state index contributed by atoms with van der Waals surface area (Å²) in [5.74, 6) is 0.929. The van der Waals surface area contributed by atoms with Gasteiger partial charge in [0.2, 0.25) is 5.95 Å². The van der Waals surface area contributed by atoms with Crippen LogP contribution in [-0.4, -0.2) is 16.1 Å². The molecule has 19 heavy (non-hydrogen) atoms. The Hall–Kier alpha value is -1.55. The first-order chi connectivity index (χ1) is 9.10. The molecule has 0 amide bonds. The van der Waals surface area contributed by atoms with E-state index in [2.05, 4.69) is 53.6 Å². The van der Waals surface area contributed by atoms with Gasteiger partial charge in [0.25, 0.3) is 0 Å². The van der Waals surface area contributed by atoms with E-state index >= 15 is 0 Å². The number of anilines is 1. The van der Waals surface area contributed by atoms with Gasteiger partial charge in [0.05, 0.1) is 5.69 Å². The van der Waals surface area contributed by atoms with Gasteiger partial charge in [-0.1, -0.05) is 6.08 Å². The molecule has 0 fully saturated rings. The van der Waals surface area contributed by atoms with E-state index in [-0.39, 0.29) is 0 Å². The van der Waals surface area contributed by atoms with Crippen LogP contribution in [0.25, 0.3) is 0 Å². The van der Waals surface area contributed by atoms with Crippen molar-refractivity contribution in [2.24, 2.45) is 0 Å². The summed E-state index contributed by atoms with van der Waals surface area (Å²) in [4.78, 5) is 7.32. The van der Waals surface area contributed by atoms with Gasteiger partial charge in [-0.2, -0.15) is 0 Å². The zero-order chi connectivity index (χ0) is 13.8. The van der Waals surface area contributed by atoms with Gasteiger partial charge in [-0.25, -0.2) is 4.98 Å². The van der Waals surface area contributed by atoms with Gasteiger partial charge in [-0.3, -0.25) is 0 Å². The molecule has 0 spiro atoms. The molecule has 1 atom stereocenters. The number of rotatable bonds is 6. The van der Waals surface area contributed by atoms with Gasteiger partial charge >= 0.3 is 0 Å². The fourth-order valence-corrected chi connectivity index (χ4v) is 3.14. The van der Waals surface area contributed by atoms with Crippen molar-refractivity contribution in [3.05, 3.63) is 46.4 Å². The van der Waals surface area contributed by atoms with E-state index in [0.29, 0.717) is 6.04 Å². The summed E-state index contributed by atoms with van der Waals surface area (Å²) in [7, 11) is 0. The lowest BCUT2D eigenvalue weighted by atomic mass is 10.2. The highest BCUT2D eigenvalue weighted by Crippen LogP contribution is 2.24. The first-order valence-electron chi connectivity index (χ1n) is 6.55. The number of aryl methyl sites for hydroxylation is 2. The quantitative estimate of drug-likeness (QED) is 0.809. The van der Waals surface area contributed by atoms with Gasteiger partial charge in [0.1, 0.15) is 0 Å². The minimum Gasteiger partial charge on any atom is -0.352 e. The molecule has 0 radical (unpaired) electrons. The highest BCUT2D eigenvalue weighted by molar-refractivity contribution is 7.11. The first-order valence-corrected chi connectivity index (χ1v) is 7.37. The average Bonchev–Trinajstić information content (AvgIpc) is 2.93. The Morgan fingerprint density at radius 1 is 1.47 bits per heavy atom.